The molecule has 2 amide bonds. The Morgan fingerprint density at radius 2 is 1.92 bits per heavy atom. The van der Waals surface area contributed by atoms with Gasteiger partial charge in [0.25, 0.3) is 11.8 Å². The quantitative estimate of drug-likeness (QED) is 0.681. The van der Waals surface area contributed by atoms with Crippen LogP contribution in [0.4, 0.5) is 0 Å². The van der Waals surface area contributed by atoms with E-state index in [1.54, 1.807) is 12.4 Å². The largest absolute Gasteiger partial charge is 0.394 e. The van der Waals surface area contributed by atoms with Crippen LogP contribution in [0.15, 0.2) is 36.7 Å². The molecule has 0 unspecified atom stereocenters. The fourth-order valence-corrected chi connectivity index (χ4v) is 3.03. The van der Waals surface area contributed by atoms with Gasteiger partial charge in [-0.25, -0.2) is 4.68 Å². The van der Waals surface area contributed by atoms with Crippen molar-refractivity contribution in [1.29, 1.82) is 0 Å². The number of hydrogen-bond acceptors (Lipinski definition) is 5. The molecule has 2 aromatic heterocycles. The van der Waals surface area contributed by atoms with Gasteiger partial charge in [-0.1, -0.05) is 23.4 Å². The molecule has 3 aromatic rings. The summed E-state index contributed by atoms with van der Waals surface area (Å²) >= 11 is 0. The minimum atomic E-state index is -0.415. The molecule has 0 bridgehead atoms. The Balaban J connectivity index is 1.94. The first-order valence-electron chi connectivity index (χ1n) is 7.76. The third-order valence-corrected chi connectivity index (χ3v) is 4.27. The number of amides is 2. The summed E-state index contributed by atoms with van der Waals surface area (Å²) < 4.78 is 1.44. The van der Waals surface area contributed by atoms with Crippen molar-refractivity contribution in [1.82, 2.24) is 24.9 Å². The monoisotopic (exact) mass is 337 g/mol. The van der Waals surface area contributed by atoms with Gasteiger partial charge in [-0.05, 0) is 6.07 Å². The molecule has 0 spiro atoms. The van der Waals surface area contributed by atoms with Crippen molar-refractivity contribution in [3.05, 3.63) is 47.9 Å². The first-order chi connectivity index (χ1) is 12.1. The highest BCUT2D eigenvalue weighted by atomic mass is 16.3. The zero-order valence-corrected chi connectivity index (χ0v) is 13.4. The van der Waals surface area contributed by atoms with Crippen LogP contribution in [0.3, 0.4) is 0 Å². The average molecular weight is 337 g/mol. The minimum Gasteiger partial charge on any atom is -0.394 e. The third kappa shape index (κ3) is 2.26. The topological polar surface area (TPSA) is 104 Å². The van der Waals surface area contributed by atoms with Crippen LogP contribution in [-0.2, 0) is 16.1 Å². The second-order valence-electron chi connectivity index (χ2n) is 5.76. The van der Waals surface area contributed by atoms with E-state index in [-0.39, 0.29) is 24.6 Å². The number of carbonyl (C=O) groups is 2. The van der Waals surface area contributed by atoms with E-state index in [1.165, 1.54) is 11.7 Å². The standard InChI is InChI=1S/C17H15N5O3/c1-21-16(24)14(11-8-18-12-5-3-2-4-10(11)12)15(17(21)25)13-9-22(6-7-23)20-19-13/h2-5,8-9,18,23H,6-7H2,1H3. The number of aromatic nitrogens is 4. The third-order valence-electron chi connectivity index (χ3n) is 4.27. The Bertz CT molecular complexity index is 1030. The second-order valence-corrected chi connectivity index (χ2v) is 5.76. The van der Waals surface area contributed by atoms with Crippen LogP contribution in [0.2, 0.25) is 0 Å². The maximum Gasteiger partial charge on any atom is 0.263 e. The molecule has 0 atom stereocenters. The average Bonchev–Trinajstić information content (AvgIpc) is 3.29. The Labute approximate surface area is 142 Å². The molecular formula is C17H15N5O3. The van der Waals surface area contributed by atoms with Gasteiger partial charge in [0, 0.05) is 29.7 Å². The maximum atomic E-state index is 12.7. The van der Waals surface area contributed by atoms with E-state index >= 15 is 0 Å². The predicted molar refractivity (Wildman–Crippen MR) is 90.0 cm³/mol. The van der Waals surface area contributed by atoms with E-state index in [0.29, 0.717) is 16.8 Å². The van der Waals surface area contributed by atoms with Crippen molar-refractivity contribution < 1.29 is 14.7 Å². The molecule has 8 heteroatoms. The number of benzene rings is 1. The molecule has 0 saturated carbocycles. The first-order valence-corrected chi connectivity index (χ1v) is 7.76. The fraction of sp³-hybridized carbons (Fsp3) is 0.176. The van der Waals surface area contributed by atoms with Gasteiger partial charge in [0.2, 0.25) is 0 Å². The number of imide groups is 1. The predicted octanol–water partition coefficient (Wildman–Crippen LogP) is 0.661. The smallest absolute Gasteiger partial charge is 0.263 e. The summed E-state index contributed by atoms with van der Waals surface area (Å²) in [5.74, 6) is -0.789. The van der Waals surface area contributed by atoms with Crippen molar-refractivity contribution in [3.63, 3.8) is 0 Å². The summed E-state index contributed by atoms with van der Waals surface area (Å²) in [6.45, 7) is 0.171. The molecule has 1 aromatic carbocycles. The van der Waals surface area contributed by atoms with Crippen LogP contribution in [0.5, 0.6) is 0 Å². The number of rotatable bonds is 4. The second kappa shape index (κ2) is 5.67. The van der Waals surface area contributed by atoms with Crippen molar-refractivity contribution in [2.24, 2.45) is 0 Å². The fourth-order valence-electron chi connectivity index (χ4n) is 3.03. The van der Waals surface area contributed by atoms with Crippen LogP contribution >= 0.6 is 0 Å². The lowest BCUT2D eigenvalue weighted by Crippen LogP contribution is -2.26. The van der Waals surface area contributed by atoms with Gasteiger partial charge >= 0.3 is 0 Å². The molecule has 1 aliphatic heterocycles. The Morgan fingerprint density at radius 3 is 2.72 bits per heavy atom. The van der Waals surface area contributed by atoms with Gasteiger partial charge in [-0.3, -0.25) is 14.5 Å². The maximum absolute atomic E-state index is 12.7. The zero-order valence-electron chi connectivity index (χ0n) is 13.4. The van der Waals surface area contributed by atoms with Gasteiger partial charge in [0.05, 0.1) is 30.5 Å². The molecule has 1 aliphatic rings. The van der Waals surface area contributed by atoms with E-state index in [2.05, 4.69) is 15.3 Å². The molecule has 8 nitrogen and oxygen atoms in total. The molecule has 2 N–H and O–H groups in total. The highest BCUT2D eigenvalue weighted by Gasteiger charge is 2.39. The molecular weight excluding hydrogens is 322 g/mol. The summed E-state index contributed by atoms with van der Waals surface area (Å²) in [6.07, 6.45) is 3.28. The number of fused-ring (bicyclic) bond motifs is 1. The van der Waals surface area contributed by atoms with Crippen molar-refractivity contribution >= 4 is 33.9 Å². The lowest BCUT2D eigenvalue weighted by Gasteiger charge is -2.05. The van der Waals surface area contributed by atoms with Gasteiger partial charge in [-0.2, -0.15) is 0 Å². The summed E-state index contributed by atoms with van der Waals surface area (Å²) in [6, 6.07) is 7.57. The van der Waals surface area contributed by atoms with Gasteiger partial charge < -0.3 is 10.1 Å². The highest BCUT2D eigenvalue weighted by Crippen LogP contribution is 2.37. The number of aliphatic hydroxyl groups excluding tert-OH is 1. The Morgan fingerprint density at radius 1 is 1.16 bits per heavy atom. The summed E-state index contributed by atoms with van der Waals surface area (Å²) in [5.41, 5.74) is 2.38. The van der Waals surface area contributed by atoms with Gasteiger partial charge in [-0.15, -0.1) is 5.10 Å². The van der Waals surface area contributed by atoms with Crippen LogP contribution < -0.4 is 0 Å². The van der Waals surface area contributed by atoms with Crippen molar-refractivity contribution in [3.8, 4) is 0 Å². The number of carbonyl (C=O) groups excluding carboxylic acids is 2. The first kappa shape index (κ1) is 15.3. The molecule has 0 aliphatic carbocycles. The number of likely N-dealkylation sites (N-methyl/N-ethyl adjacent to an activating group) is 1. The number of para-hydroxylation sites is 1. The van der Waals surface area contributed by atoms with Gasteiger partial charge in [0.15, 0.2) is 0 Å². The number of hydrogen-bond donors (Lipinski definition) is 2. The van der Waals surface area contributed by atoms with E-state index < -0.39 is 5.91 Å². The number of aliphatic hydroxyl groups is 1. The normalized spacial score (nSPS) is 15.0. The van der Waals surface area contributed by atoms with Crippen molar-refractivity contribution in [2.75, 3.05) is 13.7 Å². The summed E-state index contributed by atoms with van der Waals surface area (Å²) in [4.78, 5) is 29.6. The van der Waals surface area contributed by atoms with Crippen LogP contribution in [0.25, 0.3) is 22.0 Å². The molecule has 25 heavy (non-hydrogen) atoms. The van der Waals surface area contributed by atoms with Crippen LogP contribution in [0, 0.1) is 0 Å². The zero-order chi connectivity index (χ0) is 17.6. The van der Waals surface area contributed by atoms with Crippen molar-refractivity contribution in [2.45, 2.75) is 6.54 Å². The Kier molecular flexibility index (Phi) is 3.47. The number of nitrogens with zero attached hydrogens (tertiary/aromatic N) is 4. The molecule has 0 fully saturated rings. The molecule has 126 valence electrons. The van der Waals surface area contributed by atoms with E-state index in [4.69, 9.17) is 5.11 Å². The summed E-state index contributed by atoms with van der Waals surface area (Å²) in [7, 11) is 1.45. The highest BCUT2D eigenvalue weighted by molar-refractivity contribution is 6.49. The minimum absolute atomic E-state index is 0.0933. The molecule has 3 heterocycles. The summed E-state index contributed by atoms with van der Waals surface area (Å²) in [5, 5.41) is 17.8. The number of H-pyrrole nitrogens is 1. The number of nitrogens with one attached hydrogen (secondary N) is 1. The molecule has 0 radical (unpaired) electrons. The van der Waals surface area contributed by atoms with Crippen LogP contribution in [0.1, 0.15) is 11.3 Å². The lowest BCUT2D eigenvalue weighted by atomic mass is 9.99. The SMILES string of the molecule is CN1C(=O)C(c2cn(CCO)nn2)=C(c2c[nH]c3ccccc23)C1=O. The van der Waals surface area contributed by atoms with Gasteiger partial charge in [0.1, 0.15) is 5.69 Å². The molecule has 4 rings (SSSR count). The van der Waals surface area contributed by atoms with E-state index in [9.17, 15) is 9.59 Å². The van der Waals surface area contributed by atoms with E-state index in [1.807, 2.05) is 24.3 Å². The number of aromatic amines is 1. The Hall–Kier alpha value is -3.26. The van der Waals surface area contributed by atoms with Crippen LogP contribution in [-0.4, -0.2) is 55.5 Å². The van der Waals surface area contributed by atoms with E-state index in [0.717, 1.165) is 15.8 Å². The lowest BCUT2D eigenvalue weighted by molar-refractivity contribution is -0.134. The molecule has 0 saturated heterocycles.